The first-order valence-corrected chi connectivity index (χ1v) is 5.55. The fraction of sp³-hybridized carbons (Fsp3) is 0.385. The van der Waals surface area contributed by atoms with Crippen LogP contribution in [0.1, 0.15) is 25.1 Å². The number of H-pyrrole nitrogens is 1. The average molecular weight is 202 g/mol. The highest BCUT2D eigenvalue weighted by Gasteiger charge is 2.03. The maximum atomic E-state index is 5.78. The van der Waals surface area contributed by atoms with Crippen LogP contribution in [0.5, 0.6) is 0 Å². The molecular weight excluding hydrogens is 184 g/mol. The molecule has 2 aromatic rings. The number of hydrogen-bond donors (Lipinski definition) is 2. The number of aromatic nitrogens is 1. The van der Waals surface area contributed by atoms with Crippen LogP contribution >= 0.6 is 0 Å². The predicted octanol–water partition coefficient (Wildman–Crippen LogP) is 2.62. The molecule has 0 spiro atoms. The molecule has 3 N–H and O–H groups in total. The molecule has 80 valence electrons. The molecule has 2 heteroatoms. The highest BCUT2D eigenvalue weighted by Crippen LogP contribution is 2.18. The largest absolute Gasteiger partial charge is 0.358 e. The van der Waals surface area contributed by atoms with E-state index < -0.39 is 0 Å². The number of rotatable bonds is 3. The van der Waals surface area contributed by atoms with Crippen molar-refractivity contribution in [3.8, 4) is 0 Å². The summed E-state index contributed by atoms with van der Waals surface area (Å²) in [6.45, 7) is 4.20. The van der Waals surface area contributed by atoms with Crippen LogP contribution in [0, 0.1) is 0 Å². The molecule has 1 aromatic carbocycles. The van der Waals surface area contributed by atoms with Crippen LogP contribution in [0.3, 0.4) is 0 Å². The van der Waals surface area contributed by atoms with E-state index in [1.165, 1.54) is 22.2 Å². The van der Waals surface area contributed by atoms with Crippen LogP contribution in [-0.4, -0.2) is 11.0 Å². The summed E-state index contributed by atoms with van der Waals surface area (Å²) in [5.74, 6) is 0. The van der Waals surface area contributed by atoms with Crippen molar-refractivity contribution in [3.05, 3.63) is 35.5 Å². The van der Waals surface area contributed by atoms with E-state index in [1.807, 2.05) is 6.92 Å². The van der Waals surface area contributed by atoms with Gasteiger partial charge in [-0.15, -0.1) is 0 Å². The van der Waals surface area contributed by atoms with Crippen LogP contribution in [0.2, 0.25) is 0 Å². The molecule has 15 heavy (non-hydrogen) atoms. The van der Waals surface area contributed by atoms with Gasteiger partial charge in [0.05, 0.1) is 0 Å². The second-order valence-electron chi connectivity index (χ2n) is 4.25. The molecule has 1 aromatic heterocycles. The van der Waals surface area contributed by atoms with Crippen molar-refractivity contribution in [2.24, 2.45) is 5.73 Å². The van der Waals surface area contributed by atoms with Gasteiger partial charge in [-0.2, -0.15) is 0 Å². The molecule has 0 aliphatic carbocycles. The summed E-state index contributed by atoms with van der Waals surface area (Å²) in [5.41, 5.74) is 9.61. The van der Waals surface area contributed by atoms with Gasteiger partial charge in [0.15, 0.2) is 0 Å². The second kappa shape index (κ2) is 4.07. The molecule has 0 bridgehead atoms. The third-order valence-electron chi connectivity index (χ3n) is 2.69. The molecule has 1 atom stereocenters. The van der Waals surface area contributed by atoms with Crippen molar-refractivity contribution in [1.29, 1.82) is 0 Å². The Labute approximate surface area is 90.5 Å². The molecule has 0 aliphatic rings. The molecule has 0 amide bonds. The minimum atomic E-state index is 0.212. The Morgan fingerprint density at radius 3 is 2.80 bits per heavy atom. The van der Waals surface area contributed by atoms with E-state index in [4.69, 9.17) is 5.73 Å². The van der Waals surface area contributed by atoms with Gasteiger partial charge in [-0.3, -0.25) is 0 Å². The zero-order valence-electron chi connectivity index (χ0n) is 9.38. The Balaban J connectivity index is 2.37. The predicted molar refractivity (Wildman–Crippen MR) is 65.0 cm³/mol. The zero-order chi connectivity index (χ0) is 10.8. The van der Waals surface area contributed by atoms with E-state index >= 15 is 0 Å². The quantitative estimate of drug-likeness (QED) is 0.789. The average Bonchev–Trinajstić information content (AvgIpc) is 2.57. The van der Waals surface area contributed by atoms with Gasteiger partial charge in [0, 0.05) is 23.7 Å². The number of aromatic amines is 1. The number of benzene rings is 1. The summed E-state index contributed by atoms with van der Waals surface area (Å²) in [6.07, 6.45) is 1.99. The first kappa shape index (κ1) is 10.2. The lowest BCUT2D eigenvalue weighted by molar-refractivity contribution is 0.727. The summed E-state index contributed by atoms with van der Waals surface area (Å²) in [6, 6.07) is 8.99. The van der Waals surface area contributed by atoms with Gasteiger partial charge >= 0.3 is 0 Å². The molecule has 0 saturated heterocycles. The minimum absolute atomic E-state index is 0.212. The Bertz CT molecular complexity index is 455. The van der Waals surface area contributed by atoms with E-state index in [-0.39, 0.29) is 6.04 Å². The van der Waals surface area contributed by atoms with Crippen molar-refractivity contribution in [1.82, 2.24) is 4.98 Å². The monoisotopic (exact) mass is 202 g/mol. The van der Waals surface area contributed by atoms with E-state index in [1.54, 1.807) is 0 Å². The Morgan fingerprint density at radius 1 is 1.33 bits per heavy atom. The summed E-state index contributed by atoms with van der Waals surface area (Å²) in [5, 5.41) is 1.28. The van der Waals surface area contributed by atoms with Crippen LogP contribution in [0.4, 0.5) is 0 Å². The highest BCUT2D eigenvalue weighted by molar-refractivity contribution is 5.81. The zero-order valence-corrected chi connectivity index (χ0v) is 9.38. The van der Waals surface area contributed by atoms with Crippen molar-refractivity contribution < 1.29 is 0 Å². The Morgan fingerprint density at radius 2 is 2.13 bits per heavy atom. The highest BCUT2D eigenvalue weighted by atomic mass is 14.7. The van der Waals surface area contributed by atoms with Crippen molar-refractivity contribution in [3.63, 3.8) is 0 Å². The molecule has 0 aliphatic heterocycles. The topological polar surface area (TPSA) is 41.8 Å². The van der Waals surface area contributed by atoms with Gasteiger partial charge in [-0.05, 0) is 36.4 Å². The van der Waals surface area contributed by atoms with Gasteiger partial charge in [-0.1, -0.05) is 19.1 Å². The lowest BCUT2D eigenvalue weighted by Crippen LogP contribution is -2.17. The van der Waals surface area contributed by atoms with Crippen molar-refractivity contribution in [2.45, 2.75) is 32.7 Å². The molecule has 1 unspecified atom stereocenters. The fourth-order valence-corrected chi connectivity index (χ4v) is 1.91. The van der Waals surface area contributed by atoms with Crippen LogP contribution < -0.4 is 5.73 Å². The molecule has 2 rings (SSSR count). The molecule has 0 fully saturated rings. The maximum absolute atomic E-state index is 5.78. The van der Waals surface area contributed by atoms with Gasteiger partial charge in [-0.25, -0.2) is 0 Å². The summed E-state index contributed by atoms with van der Waals surface area (Å²) < 4.78 is 0. The molecule has 0 saturated carbocycles. The van der Waals surface area contributed by atoms with E-state index in [0.29, 0.717) is 0 Å². The number of nitrogens with two attached hydrogens (primary N) is 1. The first-order chi connectivity index (χ1) is 7.19. The second-order valence-corrected chi connectivity index (χ2v) is 4.25. The van der Waals surface area contributed by atoms with Gasteiger partial charge in [0.2, 0.25) is 0 Å². The smallest absolute Gasteiger partial charge is 0.0458 e. The number of fused-ring (bicyclic) bond motifs is 1. The maximum Gasteiger partial charge on any atom is 0.0458 e. The van der Waals surface area contributed by atoms with E-state index in [9.17, 15) is 0 Å². The molecule has 0 radical (unpaired) electrons. The molecule has 2 nitrogen and oxygen atoms in total. The Hall–Kier alpha value is -1.28. The third kappa shape index (κ3) is 2.21. The summed E-state index contributed by atoms with van der Waals surface area (Å²) >= 11 is 0. The van der Waals surface area contributed by atoms with Gasteiger partial charge < -0.3 is 10.7 Å². The lowest BCUT2D eigenvalue weighted by atomic mass is 10.1. The van der Waals surface area contributed by atoms with Gasteiger partial charge in [0.25, 0.3) is 0 Å². The van der Waals surface area contributed by atoms with Crippen LogP contribution in [0.15, 0.2) is 24.3 Å². The number of nitrogens with one attached hydrogen (secondary N) is 1. The van der Waals surface area contributed by atoms with Crippen molar-refractivity contribution >= 4 is 10.9 Å². The normalized spacial score (nSPS) is 13.3. The van der Waals surface area contributed by atoms with Crippen LogP contribution in [0.25, 0.3) is 10.9 Å². The lowest BCUT2D eigenvalue weighted by Gasteiger charge is -2.00. The van der Waals surface area contributed by atoms with E-state index in [0.717, 1.165) is 12.8 Å². The molecular formula is C13H18N2. The number of hydrogen-bond acceptors (Lipinski definition) is 1. The SMILES string of the molecule is CCc1ccc2cc(CC(C)N)[nH]c2c1. The summed E-state index contributed by atoms with van der Waals surface area (Å²) in [7, 11) is 0. The first-order valence-electron chi connectivity index (χ1n) is 5.55. The minimum Gasteiger partial charge on any atom is -0.358 e. The van der Waals surface area contributed by atoms with E-state index in [2.05, 4.69) is 36.2 Å². The molecule has 1 heterocycles. The third-order valence-corrected chi connectivity index (χ3v) is 2.69. The van der Waals surface area contributed by atoms with Crippen LogP contribution in [-0.2, 0) is 12.8 Å². The van der Waals surface area contributed by atoms with Crippen molar-refractivity contribution in [2.75, 3.05) is 0 Å². The Kier molecular flexibility index (Phi) is 2.78. The summed E-state index contributed by atoms with van der Waals surface area (Å²) in [4.78, 5) is 3.42. The number of aryl methyl sites for hydroxylation is 1. The fourth-order valence-electron chi connectivity index (χ4n) is 1.91. The van der Waals surface area contributed by atoms with Gasteiger partial charge in [0.1, 0.15) is 0 Å². The standard InChI is InChI=1S/C13H18N2/c1-3-10-4-5-11-8-12(6-9(2)14)15-13(11)7-10/h4-5,7-9,15H,3,6,14H2,1-2H3.